The van der Waals surface area contributed by atoms with E-state index in [-0.39, 0.29) is 29.6 Å². The molecule has 4 N–H and O–H groups in total. The van der Waals surface area contributed by atoms with Crippen molar-refractivity contribution in [1.29, 1.82) is 0 Å². The predicted octanol–water partition coefficient (Wildman–Crippen LogP) is 4.15. The van der Waals surface area contributed by atoms with Crippen molar-refractivity contribution in [3.8, 4) is 11.5 Å². The van der Waals surface area contributed by atoms with Gasteiger partial charge in [0.05, 0.1) is 34.9 Å². The van der Waals surface area contributed by atoms with Gasteiger partial charge in [0.15, 0.2) is 5.75 Å². The molecule has 9 heteroatoms. The molecule has 1 saturated carbocycles. The standard InChI is InChI=1S/C26H26N4O4S/c31-17-6-7-19-18(10-17)25-22(11-27-19)34-12-21(30-25)14-1-4-16(5-2-14)28-26(33)15-3-8-23-20(9-15)29-24(32)13-35-23/h3,6-11,14,16,21,30-31H,1-2,4-5,12-13H2,(H,28,33)(H,29,32). The number of rotatable bonds is 3. The van der Waals surface area contributed by atoms with Gasteiger partial charge in [-0.25, -0.2) is 0 Å². The first-order valence-electron chi connectivity index (χ1n) is 11.9. The Balaban J connectivity index is 1.08. The summed E-state index contributed by atoms with van der Waals surface area (Å²) in [5.41, 5.74) is 2.97. The van der Waals surface area contributed by atoms with Crippen molar-refractivity contribution in [3.63, 3.8) is 0 Å². The van der Waals surface area contributed by atoms with Crippen LogP contribution in [0.15, 0.2) is 47.5 Å². The highest BCUT2D eigenvalue weighted by molar-refractivity contribution is 8.00. The molecular formula is C26H26N4O4S. The van der Waals surface area contributed by atoms with Gasteiger partial charge < -0.3 is 25.8 Å². The maximum absolute atomic E-state index is 12.9. The van der Waals surface area contributed by atoms with E-state index < -0.39 is 0 Å². The van der Waals surface area contributed by atoms with E-state index in [0.717, 1.165) is 47.2 Å². The fraction of sp³-hybridized carbons (Fsp3) is 0.346. The number of hydrogen-bond donors (Lipinski definition) is 4. The van der Waals surface area contributed by atoms with Crippen molar-refractivity contribution in [1.82, 2.24) is 10.3 Å². The SMILES string of the molecule is O=C1CSc2ccc(C(=O)NC3CCC(C4COc5cnc6ccc(O)cc6c5N4)CC3)cc2N1. The van der Waals surface area contributed by atoms with Crippen LogP contribution in [0.1, 0.15) is 36.0 Å². The number of amides is 2. The topological polar surface area (TPSA) is 113 Å². The second-order valence-electron chi connectivity index (χ2n) is 9.39. The second kappa shape index (κ2) is 8.96. The molecule has 2 aromatic carbocycles. The zero-order valence-corrected chi connectivity index (χ0v) is 19.9. The summed E-state index contributed by atoms with van der Waals surface area (Å²) >= 11 is 1.49. The molecule has 180 valence electrons. The number of carbonyl (C=O) groups excluding carboxylic acids is 2. The minimum absolute atomic E-state index is 0.0395. The second-order valence-corrected chi connectivity index (χ2v) is 10.4. The molecule has 0 saturated heterocycles. The van der Waals surface area contributed by atoms with Crippen molar-refractivity contribution in [2.45, 2.75) is 42.7 Å². The van der Waals surface area contributed by atoms with E-state index in [1.807, 2.05) is 12.1 Å². The molecule has 6 rings (SSSR count). The fourth-order valence-electron chi connectivity index (χ4n) is 5.24. The number of phenolic OH excluding ortho intramolecular Hbond substituents is 1. The molecule has 35 heavy (non-hydrogen) atoms. The van der Waals surface area contributed by atoms with Crippen LogP contribution in [-0.2, 0) is 4.79 Å². The summed E-state index contributed by atoms with van der Waals surface area (Å²) in [5, 5.41) is 20.5. The molecule has 2 amide bonds. The van der Waals surface area contributed by atoms with Gasteiger partial charge in [0.1, 0.15) is 12.4 Å². The van der Waals surface area contributed by atoms with Gasteiger partial charge in [-0.05, 0) is 68.0 Å². The number of pyridine rings is 1. The van der Waals surface area contributed by atoms with Crippen molar-refractivity contribution in [2.75, 3.05) is 23.0 Å². The average Bonchev–Trinajstić information content (AvgIpc) is 2.88. The largest absolute Gasteiger partial charge is 0.508 e. The lowest BCUT2D eigenvalue weighted by Gasteiger charge is -2.37. The van der Waals surface area contributed by atoms with Crippen LogP contribution in [0.3, 0.4) is 0 Å². The molecule has 1 atom stereocenters. The molecule has 1 aromatic heterocycles. The molecule has 1 unspecified atom stereocenters. The van der Waals surface area contributed by atoms with Crippen LogP contribution < -0.4 is 20.7 Å². The Morgan fingerprint density at radius 3 is 2.86 bits per heavy atom. The van der Waals surface area contributed by atoms with Crippen molar-refractivity contribution >= 4 is 45.9 Å². The van der Waals surface area contributed by atoms with E-state index in [0.29, 0.717) is 35.3 Å². The maximum atomic E-state index is 12.9. The Hall–Kier alpha value is -3.46. The molecule has 8 nitrogen and oxygen atoms in total. The Morgan fingerprint density at radius 2 is 2.00 bits per heavy atom. The summed E-state index contributed by atoms with van der Waals surface area (Å²) in [7, 11) is 0. The van der Waals surface area contributed by atoms with Crippen molar-refractivity contribution in [3.05, 3.63) is 48.2 Å². The van der Waals surface area contributed by atoms with Crippen molar-refractivity contribution in [2.24, 2.45) is 5.92 Å². The minimum atomic E-state index is -0.104. The molecule has 1 fully saturated rings. The van der Waals surface area contributed by atoms with E-state index in [1.165, 1.54) is 11.8 Å². The number of aromatic hydroxyl groups is 1. The molecule has 3 aromatic rings. The van der Waals surface area contributed by atoms with Crippen LogP contribution in [0.25, 0.3) is 10.9 Å². The summed E-state index contributed by atoms with van der Waals surface area (Å²) < 4.78 is 6.03. The quantitative estimate of drug-likeness (QED) is 0.436. The number of fused-ring (bicyclic) bond motifs is 4. The average molecular weight is 491 g/mol. The van der Waals surface area contributed by atoms with Gasteiger partial charge >= 0.3 is 0 Å². The predicted molar refractivity (Wildman–Crippen MR) is 135 cm³/mol. The first-order chi connectivity index (χ1) is 17.0. The first-order valence-corrected chi connectivity index (χ1v) is 12.9. The lowest BCUT2D eigenvalue weighted by atomic mass is 9.81. The molecule has 0 bridgehead atoms. The normalized spacial score (nSPS) is 23.3. The highest BCUT2D eigenvalue weighted by Gasteiger charge is 2.32. The summed E-state index contributed by atoms with van der Waals surface area (Å²) in [6.07, 6.45) is 5.49. The van der Waals surface area contributed by atoms with E-state index in [2.05, 4.69) is 20.9 Å². The number of ether oxygens (including phenoxy) is 1. The van der Waals surface area contributed by atoms with E-state index in [1.54, 1.807) is 30.5 Å². The smallest absolute Gasteiger partial charge is 0.251 e. The van der Waals surface area contributed by atoms with E-state index in [4.69, 9.17) is 4.74 Å². The maximum Gasteiger partial charge on any atom is 0.251 e. The summed E-state index contributed by atoms with van der Waals surface area (Å²) in [6.45, 7) is 0.569. The number of nitrogens with one attached hydrogen (secondary N) is 3. The molecule has 0 spiro atoms. The lowest BCUT2D eigenvalue weighted by molar-refractivity contribution is -0.113. The van der Waals surface area contributed by atoms with Gasteiger partial charge in [0, 0.05) is 21.9 Å². The van der Waals surface area contributed by atoms with Gasteiger partial charge in [-0.2, -0.15) is 0 Å². The van der Waals surface area contributed by atoms with Crippen LogP contribution in [0.2, 0.25) is 0 Å². The van der Waals surface area contributed by atoms with Crippen LogP contribution >= 0.6 is 11.8 Å². The summed E-state index contributed by atoms with van der Waals surface area (Å²) in [4.78, 5) is 30.0. The monoisotopic (exact) mass is 490 g/mol. The lowest BCUT2D eigenvalue weighted by Crippen LogP contribution is -2.43. The van der Waals surface area contributed by atoms with Gasteiger partial charge in [-0.15, -0.1) is 11.8 Å². The third-order valence-electron chi connectivity index (χ3n) is 7.12. The summed E-state index contributed by atoms with van der Waals surface area (Å²) in [6, 6.07) is 10.9. The number of hydrogen-bond acceptors (Lipinski definition) is 7. The Morgan fingerprint density at radius 1 is 1.14 bits per heavy atom. The van der Waals surface area contributed by atoms with Crippen LogP contribution in [0.5, 0.6) is 11.5 Å². The van der Waals surface area contributed by atoms with Crippen LogP contribution in [0.4, 0.5) is 11.4 Å². The summed E-state index contributed by atoms with van der Waals surface area (Å²) in [5.74, 6) is 1.60. The zero-order chi connectivity index (χ0) is 23.9. The number of phenols is 1. The third-order valence-corrected chi connectivity index (χ3v) is 8.19. The van der Waals surface area contributed by atoms with Gasteiger partial charge in [0.25, 0.3) is 5.91 Å². The highest BCUT2D eigenvalue weighted by Crippen LogP contribution is 2.39. The number of nitrogens with zero attached hydrogens (tertiary/aromatic N) is 1. The Labute approximate surface area is 206 Å². The molecule has 3 aliphatic rings. The number of benzene rings is 2. The van der Waals surface area contributed by atoms with E-state index in [9.17, 15) is 14.7 Å². The Bertz CT molecular complexity index is 1320. The molecule has 0 radical (unpaired) electrons. The van der Waals surface area contributed by atoms with Crippen molar-refractivity contribution < 1.29 is 19.4 Å². The minimum Gasteiger partial charge on any atom is -0.508 e. The number of anilines is 2. The molecule has 2 aliphatic heterocycles. The number of carbonyl (C=O) groups is 2. The zero-order valence-electron chi connectivity index (χ0n) is 19.0. The van der Waals surface area contributed by atoms with Gasteiger partial charge in [0.2, 0.25) is 5.91 Å². The van der Waals surface area contributed by atoms with Gasteiger partial charge in [-0.1, -0.05) is 0 Å². The van der Waals surface area contributed by atoms with E-state index >= 15 is 0 Å². The highest BCUT2D eigenvalue weighted by atomic mass is 32.2. The first kappa shape index (κ1) is 22.0. The third kappa shape index (κ3) is 4.36. The Kier molecular flexibility index (Phi) is 5.64. The van der Waals surface area contributed by atoms with Crippen LogP contribution in [-0.4, -0.2) is 46.3 Å². The van der Waals surface area contributed by atoms with Gasteiger partial charge in [-0.3, -0.25) is 14.6 Å². The number of thioether (sulfide) groups is 1. The molecular weight excluding hydrogens is 464 g/mol. The molecule has 3 heterocycles. The van der Waals surface area contributed by atoms with Crippen LogP contribution in [0, 0.1) is 5.92 Å². The number of aromatic nitrogens is 1. The molecule has 1 aliphatic carbocycles. The fourth-order valence-corrected chi connectivity index (χ4v) is 6.03.